The highest BCUT2D eigenvalue weighted by Crippen LogP contribution is 2.36. The summed E-state index contributed by atoms with van der Waals surface area (Å²) < 4.78 is 43.8. The fourth-order valence-electron chi connectivity index (χ4n) is 2.07. The maximum absolute atomic E-state index is 13.1. The van der Waals surface area contributed by atoms with Gasteiger partial charge in [-0.25, -0.2) is 0 Å². The van der Waals surface area contributed by atoms with Gasteiger partial charge in [-0.2, -0.15) is 13.2 Å². The molecule has 0 aliphatic rings. The summed E-state index contributed by atoms with van der Waals surface area (Å²) in [5.74, 6) is -3.51. The molecule has 2 rings (SSSR count). The zero-order chi connectivity index (χ0) is 14.8. The first-order chi connectivity index (χ1) is 9.43. The molecule has 0 heterocycles. The monoisotopic (exact) mass is 282 g/mol. The van der Waals surface area contributed by atoms with E-state index in [-0.39, 0.29) is 12.2 Å². The number of carbonyl (C=O) groups is 1. The van der Waals surface area contributed by atoms with Crippen molar-refractivity contribution >= 4 is 16.7 Å². The molecule has 0 aromatic heterocycles. The fourth-order valence-corrected chi connectivity index (χ4v) is 2.07. The topological polar surface area (TPSA) is 26.3 Å². The maximum Gasteiger partial charge on any atom is 0.406 e. The highest BCUT2D eigenvalue weighted by Gasteiger charge is 2.47. The lowest BCUT2D eigenvalue weighted by atomic mass is 9.96. The van der Waals surface area contributed by atoms with Crippen LogP contribution in [-0.2, 0) is 9.53 Å². The number of rotatable bonds is 3. The summed E-state index contributed by atoms with van der Waals surface area (Å²) in [5.41, 5.74) is -0.102. The van der Waals surface area contributed by atoms with Gasteiger partial charge in [0, 0.05) is 0 Å². The van der Waals surface area contributed by atoms with Crippen molar-refractivity contribution in [2.45, 2.75) is 19.0 Å². The second kappa shape index (κ2) is 5.53. The van der Waals surface area contributed by atoms with Crippen LogP contribution in [0.25, 0.3) is 10.8 Å². The van der Waals surface area contributed by atoms with Crippen molar-refractivity contribution in [2.75, 3.05) is 6.61 Å². The average molecular weight is 282 g/mol. The van der Waals surface area contributed by atoms with E-state index in [2.05, 4.69) is 4.74 Å². The predicted molar refractivity (Wildman–Crippen MR) is 69.4 cm³/mol. The van der Waals surface area contributed by atoms with E-state index in [9.17, 15) is 18.0 Å². The highest BCUT2D eigenvalue weighted by atomic mass is 19.4. The fraction of sp³-hybridized carbons (Fsp3) is 0.267. The van der Waals surface area contributed by atoms with Crippen LogP contribution in [0.5, 0.6) is 0 Å². The molecule has 1 unspecified atom stereocenters. The van der Waals surface area contributed by atoms with Gasteiger partial charge in [-0.15, -0.1) is 0 Å². The molecule has 0 saturated carbocycles. The largest absolute Gasteiger partial charge is 0.465 e. The van der Waals surface area contributed by atoms with Crippen LogP contribution in [0.3, 0.4) is 0 Å². The van der Waals surface area contributed by atoms with Crippen LogP contribution >= 0.6 is 0 Å². The van der Waals surface area contributed by atoms with Crippen molar-refractivity contribution < 1.29 is 22.7 Å². The minimum atomic E-state index is -4.67. The number of carbonyl (C=O) groups excluding carboxylic acids is 1. The average Bonchev–Trinajstić information content (AvgIpc) is 2.37. The summed E-state index contributed by atoms with van der Waals surface area (Å²) in [7, 11) is 0. The van der Waals surface area contributed by atoms with Crippen molar-refractivity contribution in [3.05, 3.63) is 48.0 Å². The molecular weight excluding hydrogens is 269 g/mol. The van der Waals surface area contributed by atoms with Gasteiger partial charge in [0.25, 0.3) is 0 Å². The zero-order valence-electron chi connectivity index (χ0n) is 10.8. The summed E-state index contributed by atoms with van der Waals surface area (Å²) >= 11 is 0. The number of benzene rings is 2. The molecule has 0 saturated heterocycles. The molecule has 0 amide bonds. The van der Waals surface area contributed by atoms with Crippen LogP contribution in [0.1, 0.15) is 18.4 Å². The third kappa shape index (κ3) is 2.92. The maximum atomic E-state index is 13.1. The number of halogens is 3. The highest BCUT2D eigenvalue weighted by molar-refractivity contribution is 5.86. The standard InChI is InChI=1S/C15H13F3O2/c1-2-20-14(19)13(15(16,17)18)12-8-7-10-5-3-4-6-11(10)9-12/h3-9,13H,2H2,1H3. The number of esters is 1. The van der Waals surface area contributed by atoms with Crippen LogP contribution in [0.4, 0.5) is 13.2 Å². The molecule has 0 fully saturated rings. The second-order valence-electron chi connectivity index (χ2n) is 4.33. The number of hydrogen-bond acceptors (Lipinski definition) is 2. The molecule has 20 heavy (non-hydrogen) atoms. The molecule has 0 aliphatic carbocycles. The Morgan fingerprint density at radius 3 is 2.40 bits per heavy atom. The summed E-state index contributed by atoms with van der Waals surface area (Å²) in [6.07, 6.45) is -4.67. The number of ether oxygens (including phenoxy) is 1. The van der Waals surface area contributed by atoms with E-state index >= 15 is 0 Å². The molecule has 0 bridgehead atoms. The van der Waals surface area contributed by atoms with Gasteiger partial charge >= 0.3 is 12.1 Å². The molecule has 5 heteroatoms. The van der Waals surface area contributed by atoms with Gasteiger partial charge in [-0.05, 0) is 29.3 Å². The first kappa shape index (κ1) is 14.4. The predicted octanol–water partition coefficient (Wildman–Crippen LogP) is 4.05. The molecule has 106 valence electrons. The van der Waals surface area contributed by atoms with E-state index in [0.29, 0.717) is 5.39 Å². The number of hydrogen-bond donors (Lipinski definition) is 0. The van der Waals surface area contributed by atoms with Gasteiger partial charge < -0.3 is 4.74 Å². The molecule has 1 atom stereocenters. The smallest absolute Gasteiger partial charge is 0.406 e. The lowest BCUT2D eigenvalue weighted by molar-refractivity contribution is -0.180. The van der Waals surface area contributed by atoms with Crippen LogP contribution in [0.15, 0.2) is 42.5 Å². The molecule has 2 aromatic rings. The Morgan fingerprint density at radius 1 is 1.15 bits per heavy atom. The summed E-state index contributed by atoms with van der Waals surface area (Å²) in [6, 6.07) is 11.3. The Kier molecular flexibility index (Phi) is 3.97. The van der Waals surface area contributed by atoms with Crippen molar-refractivity contribution in [1.29, 1.82) is 0 Å². The minimum Gasteiger partial charge on any atom is -0.465 e. The van der Waals surface area contributed by atoms with Gasteiger partial charge in [-0.1, -0.05) is 36.4 Å². The lowest BCUT2D eigenvalue weighted by Gasteiger charge is -2.19. The van der Waals surface area contributed by atoms with E-state index in [4.69, 9.17) is 0 Å². The molecule has 2 nitrogen and oxygen atoms in total. The zero-order valence-corrected chi connectivity index (χ0v) is 10.8. The van der Waals surface area contributed by atoms with E-state index < -0.39 is 18.1 Å². The van der Waals surface area contributed by atoms with Crippen LogP contribution in [-0.4, -0.2) is 18.8 Å². The lowest BCUT2D eigenvalue weighted by Crippen LogP contribution is -2.30. The van der Waals surface area contributed by atoms with Crippen molar-refractivity contribution in [3.63, 3.8) is 0 Å². The van der Waals surface area contributed by atoms with E-state index in [1.54, 1.807) is 30.3 Å². The second-order valence-corrected chi connectivity index (χ2v) is 4.33. The minimum absolute atomic E-state index is 0.0843. The molecule has 2 aromatic carbocycles. The van der Waals surface area contributed by atoms with Gasteiger partial charge in [0.1, 0.15) is 0 Å². The van der Waals surface area contributed by atoms with Gasteiger partial charge in [0.15, 0.2) is 5.92 Å². The normalized spacial score (nSPS) is 13.2. The Morgan fingerprint density at radius 2 is 1.80 bits per heavy atom. The third-order valence-electron chi connectivity index (χ3n) is 2.96. The Bertz CT molecular complexity index is 620. The number of fused-ring (bicyclic) bond motifs is 1. The van der Waals surface area contributed by atoms with E-state index in [1.807, 2.05) is 0 Å². The molecular formula is C15H13F3O2. The summed E-state index contributed by atoms with van der Waals surface area (Å²) in [6.45, 7) is 1.39. The van der Waals surface area contributed by atoms with Gasteiger partial charge in [-0.3, -0.25) is 4.79 Å². The quantitative estimate of drug-likeness (QED) is 0.794. The van der Waals surface area contributed by atoms with Crippen molar-refractivity contribution in [1.82, 2.24) is 0 Å². The Balaban J connectivity index is 2.48. The van der Waals surface area contributed by atoms with E-state index in [0.717, 1.165) is 5.39 Å². The van der Waals surface area contributed by atoms with Crippen LogP contribution < -0.4 is 0 Å². The van der Waals surface area contributed by atoms with Crippen molar-refractivity contribution in [3.8, 4) is 0 Å². The van der Waals surface area contributed by atoms with Gasteiger partial charge in [0.05, 0.1) is 6.61 Å². The molecule has 0 N–H and O–H groups in total. The Labute approximate surface area is 114 Å². The van der Waals surface area contributed by atoms with Crippen LogP contribution in [0, 0.1) is 0 Å². The van der Waals surface area contributed by atoms with E-state index in [1.165, 1.54) is 19.1 Å². The summed E-state index contributed by atoms with van der Waals surface area (Å²) in [4.78, 5) is 11.6. The van der Waals surface area contributed by atoms with Gasteiger partial charge in [0.2, 0.25) is 0 Å². The molecule has 0 spiro atoms. The Hall–Kier alpha value is -2.04. The first-order valence-electron chi connectivity index (χ1n) is 6.15. The molecule has 0 radical (unpaired) electrons. The summed E-state index contributed by atoms with van der Waals surface area (Å²) in [5, 5.41) is 1.48. The SMILES string of the molecule is CCOC(=O)C(c1ccc2ccccc2c1)C(F)(F)F. The van der Waals surface area contributed by atoms with Crippen LogP contribution in [0.2, 0.25) is 0 Å². The van der Waals surface area contributed by atoms with Crippen molar-refractivity contribution in [2.24, 2.45) is 0 Å². The first-order valence-corrected chi connectivity index (χ1v) is 6.15. The number of alkyl halides is 3. The third-order valence-corrected chi connectivity index (χ3v) is 2.96. The molecule has 0 aliphatic heterocycles.